The molecule has 0 fully saturated rings. The first kappa shape index (κ1) is 27.1. The fourth-order valence-corrected chi connectivity index (χ4v) is 10.6. The van der Waals surface area contributed by atoms with Gasteiger partial charge in [0.05, 0.1) is 0 Å². The van der Waals surface area contributed by atoms with Gasteiger partial charge >= 0.3 is 263 Å². The van der Waals surface area contributed by atoms with Gasteiger partial charge in [0.15, 0.2) is 0 Å². The van der Waals surface area contributed by atoms with Gasteiger partial charge in [0.2, 0.25) is 0 Å². The quantitative estimate of drug-likeness (QED) is 0.0865. The van der Waals surface area contributed by atoms with Crippen molar-refractivity contribution in [2.75, 3.05) is 0 Å². The summed E-state index contributed by atoms with van der Waals surface area (Å²) in [7, 11) is 0. The first-order chi connectivity index (χ1) is 19.8. The van der Waals surface area contributed by atoms with Crippen LogP contribution in [-0.4, -0.2) is 27.0 Å². The molecule has 0 bridgehead atoms. The van der Waals surface area contributed by atoms with Crippen molar-refractivity contribution >= 4 is 48.2 Å². The van der Waals surface area contributed by atoms with Gasteiger partial charge < -0.3 is 0 Å². The Morgan fingerprint density at radius 3 is 0.825 bits per heavy atom. The molecule has 0 saturated carbocycles. The topological polar surface area (TPSA) is 0 Å². The Balaban J connectivity index is 1.43. The molecule has 0 aliphatic carbocycles. The monoisotopic (exact) mass is 746 g/mol. The summed E-state index contributed by atoms with van der Waals surface area (Å²) >= 11 is 4.82. The van der Waals surface area contributed by atoms with Crippen LogP contribution in [-0.2, 0) is 0 Å². The number of rotatable bonds is 8. The number of hydrogen-bond donors (Lipinski definition) is 0. The first-order valence-electron chi connectivity index (χ1n) is 13.3. The molecule has 0 aliphatic rings. The van der Waals surface area contributed by atoms with Crippen LogP contribution in [0.5, 0.6) is 0 Å². The Hall–Kier alpha value is -3.10. The van der Waals surface area contributed by atoms with Crippen LogP contribution in [0.25, 0.3) is 44.5 Å². The molecular formula is C37H29BiS2. The molecule has 0 aromatic heterocycles. The Morgan fingerprint density at radius 2 is 0.575 bits per heavy atom. The van der Waals surface area contributed by atoms with Crippen molar-refractivity contribution < 1.29 is 0 Å². The molecule has 6 aromatic rings. The van der Waals surface area contributed by atoms with Gasteiger partial charge in [-0.05, 0) is 0 Å². The third-order valence-electron chi connectivity index (χ3n) is 6.84. The first-order valence-corrected chi connectivity index (χ1v) is 17.7. The second kappa shape index (κ2) is 13.0. The molecule has 3 heteroatoms. The molecule has 0 radical (unpaired) electrons. The number of benzene rings is 6. The van der Waals surface area contributed by atoms with Gasteiger partial charge in [0, 0.05) is 0 Å². The van der Waals surface area contributed by atoms with Crippen LogP contribution in [0, 0.1) is 0 Å². The van der Waals surface area contributed by atoms with Gasteiger partial charge in [0.25, 0.3) is 0 Å². The van der Waals surface area contributed by atoms with Crippen molar-refractivity contribution in [2.45, 2.75) is 12.1 Å². The zero-order valence-electron chi connectivity index (χ0n) is 22.0. The van der Waals surface area contributed by atoms with Crippen LogP contribution in [0.1, 0.15) is 0 Å². The molecule has 0 spiro atoms. The van der Waals surface area contributed by atoms with Crippen LogP contribution in [0.3, 0.4) is 0 Å². The summed E-state index contributed by atoms with van der Waals surface area (Å²) in [6, 6.07) is 56.8. The van der Waals surface area contributed by atoms with E-state index in [0.29, 0.717) is 2.29 Å². The van der Waals surface area contributed by atoms with Crippen LogP contribution in [0.4, 0.5) is 0 Å². The maximum atomic E-state index is 2.28. The van der Waals surface area contributed by atoms with E-state index >= 15 is 0 Å². The van der Waals surface area contributed by atoms with E-state index in [1.54, 1.807) is 0 Å². The molecule has 0 amide bonds. The van der Waals surface area contributed by atoms with E-state index in [1.165, 1.54) is 54.3 Å². The van der Waals surface area contributed by atoms with Crippen LogP contribution < -0.4 is 0 Å². The van der Waals surface area contributed by atoms with E-state index in [0.717, 1.165) is 24.7 Å². The maximum absolute atomic E-state index is 2.28. The van der Waals surface area contributed by atoms with Crippen molar-refractivity contribution in [3.63, 3.8) is 0 Å². The van der Waals surface area contributed by atoms with Crippen molar-refractivity contribution in [3.8, 4) is 44.5 Å². The minimum absolute atomic E-state index is 0.430. The van der Waals surface area contributed by atoms with Gasteiger partial charge in [-0.25, -0.2) is 0 Å². The van der Waals surface area contributed by atoms with Crippen molar-refractivity contribution in [1.29, 1.82) is 0 Å². The van der Waals surface area contributed by atoms with Crippen LogP contribution in [0.15, 0.2) is 168 Å². The zero-order chi connectivity index (χ0) is 27.1. The van der Waals surface area contributed by atoms with Gasteiger partial charge in [0.1, 0.15) is 0 Å². The molecule has 0 aliphatic heterocycles. The fraction of sp³-hybridized carbons (Fsp3) is 0.0270. The number of thioether (sulfide) groups is 2. The normalized spacial score (nSPS) is 11.1. The summed E-state index contributed by atoms with van der Waals surface area (Å²) in [4.78, 5) is 2.72. The zero-order valence-corrected chi connectivity index (χ0v) is 28.1. The average molecular weight is 747 g/mol. The Morgan fingerprint density at radius 1 is 0.325 bits per heavy atom. The summed E-state index contributed by atoms with van der Waals surface area (Å²) in [6.45, 7) is 0. The van der Waals surface area contributed by atoms with Crippen LogP contribution >= 0.6 is 23.5 Å². The molecule has 0 saturated heterocycles. The van der Waals surface area contributed by atoms with Crippen molar-refractivity contribution in [3.05, 3.63) is 158 Å². The molecule has 0 nitrogen and oxygen atoms in total. The Bertz CT molecular complexity index is 1440. The summed E-state index contributed by atoms with van der Waals surface area (Å²) in [5, 5.41) is 0. The Kier molecular flexibility index (Phi) is 8.84. The molecule has 40 heavy (non-hydrogen) atoms. The molecular weight excluding hydrogens is 718 g/mol. The predicted molar refractivity (Wildman–Crippen MR) is 179 cm³/mol. The van der Waals surface area contributed by atoms with E-state index in [-0.39, 0.29) is 0 Å². The third kappa shape index (κ3) is 6.13. The molecule has 6 aromatic carbocycles. The predicted octanol–water partition coefficient (Wildman–Crippen LogP) is 10.2. The SMILES string of the molecule is [BiH2][CH](Sc1c(-c2ccccc2)cccc1-c1ccccc1)Sc1c(-c2ccccc2)cccc1-c1ccccc1. The molecule has 0 N–H and O–H groups in total. The number of hydrogen-bond acceptors (Lipinski definition) is 2. The van der Waals surface area contributed by atoms with Gasteiger partial charge in [-0.1, -0.05) is 0 Å². The second-order valence-corrected chi connectivity index (χ2v) is 18.4. The summed E-state index contributed by atoms with van der Waals surface area (Å²) in [5.41, 5.74) is 10.3. The molecule has 0 atom stereocenters. The molecule has 0 heterocycles. The molecule has 6 rings (SSSR count). The van der Waals surface area contributed by atoms with Gasteiger partial charge in [-0.3, -0.25) is 0 Å². The van der Waals surface area contributed by atoms with Crippen LogP contribution in [0.2, 0.25) is 0 Å². The van der Waals surface area contributed by atoms with E-state index in [2.05, 4.69) is 158 Å². The van der Waals surface area contributed by atoms with E-state index in [4.69, 9.17) is 0 Å². The Labute approximate surface area is 260 Å². The second-order valence-electron chi connectivity index (χ2n) is 9.43. The van der Waals surface area contributed by atoms with Gasteiger partial charge in [-0.2, -0.15) is 0 Å². The van der Waals surface area contributed by atoms with Crippen molar-refractivity contribution in [2.24, 2.45) is 0 Å². The standard InChI is InChI=1S/C37H27S2.Bi.2H/c1-5-15-28(16-6-1)32-23-13-24-33(29-17-7-2-8-18-29)36(32)38-27-39-37-34(30-19-9-3-10-20-30)25-14-26-35(37)31-21-11-4-12-22-31;;;/h1-27H;;;. The summed E-state index contributed by atoms with van der Waals surface area (Å²) in [5.74, 6) is 0. The minimum atomic E-state index is 0.430. The van der Waals surface area contributed by atoms with E-state index in [1.807, 2.05) is 23.5 Å². The fourth-order valence-electron chi connectivity index (χ4n) is 4.96. The summed E-state index contributed by atoms with van der Waals surface area (Å²) < 4.78 is 0.430. The van der Waals surface area contributed by atoms with E-state index < -0.39 is 0 Å². The van der Waals surface area contributed by atoms with Crippen molar-refractivity contribution in [1.82, 2.24) is 0 Å². The summed E-state index contributed by atoms with van der Waals surface area (Å²) in [6.07, 6.45) is 0. The van der Waals surface area contributed by atoms with Gasteiger partial charge in [-0.15, -0.1) is 0 Å². The van der Waals surface area contributed by atoms with E-state index in [9.17, 15) is 0 Å². The third-order valence-corrected chi connectivity index (χ3v) is 12.4. The molecule has 0 unspecified atom stereocenters. The molecule has 194 valence electrons. The average Bonchev–Trinajstić information content (AvgIpc) is 3.03.